The first kappa shape index (κ1) is 13.6. The second kappa shape index (κ2) is 5.45. The van der Waals surface area contributed by atoms with Gasteiger partial charge in [0.15, 0.2) is 0 Å². The molecule has 2 rings (SSSR count). The molecule has 0 radical (unpaired) electrons. The molecule has 0 aliphatic carbocycles. The minimum atomic E-state index is -0.0681. The number of hydrogen-bond donors (Lipinski definition) is 1. The van der Waals surface area contributed by atoms with Crippen molar-refractivity contribution in [2.24, 2.45) is 7.05 Å². The third-order valence-electron chi connectivity index (χ3n) is 3.10. The fourth-order valence-electron chi connectivity index (χ4n) is 2.01. The van der Waals surface area contributed by atoms with Crippen molar-refractivity contribution in [1.82, 2.24) is 9.78 Å². The van der Waals surface area contributed by atoms with Gasteiger partial charge in [0.05, 0.1) is 12.1 Å². The van der Waals surface area contributed by atoms with Gasteiger partial charge in [-0.15, -0.1) is 0 Å². The molecule has 1 aromatic heterocycles. The van der Waals surface area contributed by atoms with Gasteiger partial charge < -0.3 is 5.32 Å². The molecule has 19 heavy (non-hydrogen) atoms. The van der Waals surface area contributed by atoms with E-state index in [-0.39, 0.29) is 5.91 Å². The van der Waals surface area contributed by atoms with Gasteiger partial charge in [0.2, 0.25) is 5.91 Å². The molecule has 0 atom stereocenters. The third kappa shape index (κ3) is 3.15. The van der Waals surface area contributed by atoms with E-state index in [1.165, 1.54) is 0 Å². The molecule has 0 saturated carbocycles. The molecule has 0 aliphatic rings. The summed E-state index contributed by atoms with van der Waals surface area (Å²) < 4.78 is 1.79. The van der Waals surface area contributed by atoms with Gasteiger partial charge in [-0.2, -0.15) is 5.10 Å². The SMILES string of the molecule is Cc1nn(C)c(C)c1CC(=O)Nc1cccc(Cl)c1. The standard InChI is InChI=1S/C14H16ClN3O/c1-9-13(10(2)18(3)17-9)8-14(19)16-12-6-4-5-11(15)7-12/h4-7H,8H2,1-3H3,(H,16,19). The van der Waals surface area contributed by atoms with Gasteiger partial charge in [-0.25, -0.2) is 0 Å². The molecule has 0 aliphatic heterocycles. The minimum absolute atomic E-state index is 0.0681. The van der Waals surface area contributed by atoms with Gasteiger partial charge >= 0.3 is 0 Å². The number of rotatable bonds is 3. The topological polar surface area (TPSA) is 46.9 Å². The largest absolute Gasteiger partial charge is 0.326 e. The first-order valence-electron chi connectivity index (χ1n) is 6.02. The number of amides is 1. The van der Waals surface area contributed by atoms with Crippen LogP contribution in [0.2, 0.25) is 5.02 Å². The van der Waals surface area contributed by atoms with Crippen LogP contribution in [-0.4, -0.2) is 15.7 Å². The van der Waals surface area contributed by atoms with Crippen molar-refractivity contribution in [3.63, 3.8) is 0 Å². The number of anilines is 1. The third-order valence-corrected chi connectivity index (χ3v) is 3.34. The summed E-state index contributed by atoms with van der Waals surface area (Å²) in [5, 5.41) is 7.74. The van der Waals surface area contributed by atoms with Crippen LogP contribution >= 0.6 is 11.6 Å². The summed E-state index contributed by atoms with van der Waals surface area (Å²) in [7, 11) is 1.88. The number of benzene rings is 1. The summed E-state index contributed by atoms with van der Waals surface area (Å²) in [5.41, 5.74) is 3.58. The summed E-state index contributed by atoms with van der Waals surface area (Å²) in [6, 6.07) is 7.11. The second-order valence-electron chi connectivity index (χ2n) is 4.51. The first-order chi connectivity index (χ1) is 8.97. The molecule has 0 unspecified atom stereocenters. The Hall–Kier alpha value is -1.81. The lowest BCUT2D eigenvalue weighted by Crippen LogP contribution is -2.15. The fourth-order valence-corrected chi connectivity index (χ4v) is 2.20. The molecule has 1 heterocycles. The van der Waals surface area contributed by atoms with Crippen molar-refractivity contribution >= 4 is 23.2 Å². The van der Waals surface area contributed by atoms with Crippen molar-refractivity contribution in [1.29, 1.82) is 0 Å². The molecular weight excluding hydrogens is 262 g/mol. The van der Waals surface area contributed by atoms with E-state index in [1.807, 2.05) is 27.0 Å². The van der Waals surface area contributed by atoms with E-state index < -0.39 is 0 Å². The number of carbonyl (C=O) groups is 1. The van der Waals surface area contributed by atoms with Crippen molar-refractivity contribution in [2.75, 3.05) is 5.32 Å². The van der Waals surface area contributed by atoms with Gasteiger partial charge in [-0.3, -0.25) is 9.48 Å². The highest BCUT2D eigenvalue weighted by Gasteiger charge is 2.13. The molecule has 100 valence electrons. The summed E-state index contributed by atoms with van der Waals surface area (Å²) in [6.45, 7) is 3.87. The van der Waals surface area contributed by atoms with Crippen molar-refractivity contribution in [2.45, 2.75) is 20.3 Å². The van der Waals surface area contributed by atoms with E-state index in [1.54, 1.807) is 22.9 Å². The highest BCUT2D eigenvalue weighted by atomic mass is 35.5. The lowest BCUT2D eigenvalue weighted by atomic mass is 10.1. The van der Waals surface area contributed by atoms with Crippen LogP contribution in [0.15, 0.2) is 24.3 Å². The monoisotopic (exact) mass is 277 g/mol. The Labute approximate surface area is 117 Å². The van der Waals surface area contributed by atoms with Crippen LogP contribution < -0.4 is 5.32 Å². The number of aromatic nitrogens is 2. The quantitative estimate of drug-likeness (QED) is 0.938. The Kier molecular flexibility index (Phi) is 3.90. The predicted octanol–water partition coefficient (Wildman–Crippen LogP) is 2.87. The minimum Gasteiger partial charge on any atom is -0.326 e. The van der Waals surface area contributed by atoms with Crippen molar-refractivity contribution in [3.05, 3.63) is 46.2 Å². The molecular formula is C14H16ClN3O. The highest BCUT2D eigenvalue weighted by molar-refractivity contribution is 6.30. The first-order valence-corrected chi connectivity index (χ1v) is 6.39. The lowest BCUT2D eigenvalue weighted by Gasteiger charge is -2.06. The summed E-state index contributed by atoms with van der Waals surface area (Å²) in [5.74, 6) is -0.0681. The van der Waals surface area contributed by atoms with Gasteiger partial charge in [-0.1, -0.05) is 17.7 Å². The molecule has 0 fully saturated rings. The highest BCUT2D eigenvalue weighted by Crippen LogP contribution is 2.17. The average Bonchev–Trinajstić information content (AvgIpc) is 2.56. The molecule has 4 nitrogen and oxygen atoms in total. The zero-order valence-corrected chi connectivity index (χ0v) is 12.0. The Morgan fingerprint density at radius 3 is 2.74 bits per heavy atom. The molecule has 0 bridgehead atoms. The molecule has 0 saturated heterocycles. The fraction of sp³-hybridized carbons (Fsp3) is 0.286. The molecule has 1 N–H and O–H groups in total. The van der Waals surface area contributed by atoms with Crippen LogP contribution in [-0.2, 0) is 18.3 Å². The Bertz CT molecular complexity index is 619. The maximum Gasteiger partial charge on any atom is 0.228 e. The van der Waals surface area contributed by atoms with E-state index >= 15 is 0 Å². The maximum atomic E-state index is 12.0. The molecule has 1 amide bonds. The van der Waals surface area contributed by atoms with E-state index in [0.29, 0.717) is 17.1 Å². The van der Waals surface area contributed by atoms with E-state index in [0.717, 1.165) is 17.0 Å². The van der Waals surface area contributed by atoms with Gasteiger partial charge in [0.1, 0.15) is 0 Å². The smallest absolute Gasteiger partial charge is 0.228 e. The Morgan fingerprint density at radius 1 is 1.42 bits per heavy atom. The molecule has 2 aromatic rings. The number of nitrogens with zero attached hydrogens (tertiary/aromatic N) is 2. The maximum absolute atomic E-state index is 12.0. The summed E-state index contributed by atoms with van der Waals surface area (Å²) in [6.07, 6.45) is 0.317. The van der Waals surface area contributed by atoms with E-state index in [2.05, 4.69) is 10.4 Å². The van der Waals surface area contributed by atoms with Gasteiger partial charge in [0, 0.05) is 29.0 Å². The van der Waals surface area contributed by atoms with Crippen molar-refractivity contribution < 1.29 is 4.79 Å². The number of carbonyl (C=O) groups excluding carboxylic acids is 1. The van der Waals surface area contributed by atoms with E-state index in [9.17, 15) is 4.79 Å². The van der Waals surface area contributed by atoms with Crippen LogP contribution in [0.1, 0.15) is 17.0 Å². The zero-order valence-electron chi connectivity index (χ0n) is 11.2. The average molecular weight is 278 g/mol. The number of aryl methyl sites for hydroxylation is 2. The van der Waals surface area contributed by atoms with Crippen LogP contribution in [0.4, 0.5) is 5.69 Å². The second-order valence-corrected chi connectivity index (χ2v) is 4.94. The number of halogens is 1. The zero-order chi connectivity index (χ0) is 14.0. The van der Waals surface area contributed by atoms with Gasteiger partial charge in [0.25, 0.3) is 0 Å². The van der Waals surface area contributed by atoms with Crippen LogP contribution in [0.5, 0.6) is 0 Å². The lowest BCUT2D eigenvalue weighted by molar-refractivity contribution is -0.115. The predicted molar refractivity (Wildman–Crippen MR) is 76.5 cm³/mol. The van der Waals surface area contributed by atoms with Gasteiger partial charge in [-0.05, 0) is 32.0 Å². The summed E-state index contributed by atoms with van der Waals surface area (Å²) >= 11 is 5.88. The number of hydrogen-bond acceptors (Lipinski definition) is 2. The van der Waals surface area contributed by atoms with Crippen LogP contribution in [0.25, 0.3) is 0 Å². The normalized spacial score (nSPS) is 10.5. The molecule has 5 heteroatoms. The molecule has 0 spiro atoms. The Balaban J connectivity index is 2.09. The Morgan fingerprint density at radius 2 is 2.16 bits per heavy atom. The van der Waals surface area contributed by atoms with Crippen molar-refractivity contribution in [3.8, 4) is 0 Å². The van der Waals surface area contributed by atoms with Crippen LogP contribution in [0, 0.1) is 13.8 Å². The van der Waals surface area contributed by atoms with Crippen LogP contribution in [0.3, 0.4) is 0 Å². The number of nitrogens with one attached hydrogen (secondary N) is 1. The van der Waals surface area contributed by atoms with E-state index in [4.69, 9.17) is 11.6 Å². The summed E-state index contributed by atoms with van der Waals surface area (Å²) in [4.78, 5) is 12.0. The molecule has 1 aromatic carbocycles.